The molecule has 0 spiro atoms. The molecule has 1 saturated heterocycles. The van der Waals surface area contributed by atoms with Gasteiger partial charge in [-0.05, 0) is 49.8 Å². The highest BCUT2D eigenvalue weighted by atomic mass is 35.5. The van der Waals surface area contributed by atoms with E-state index in [2.05, 4.69) is 36.6 Å². The number of piperidine rings is 1. The number of halogens is 1. The Morgan fingerprint density at radius 1 is 1.26 bits per heavy atom. The number of rotatable bonds is 7. The van der Waals surface area contributed by atoms with Crippen molar-refractivity contribution in [1.29, 1.82) is 0 Å². The Hall–Kier alpha value is -1.06. The van der Waals surface area contributed by atoms with Crippen molar-refractivity contribution < 1.29 is 4.79 Å². The maximum atomic E-state index is 12.4. The van der Waals surface area contributed by atoms with E-state index in [0.29, 0.717) is 18.3 Å². The maximum absolute atomic E-state index is 12.4. The molecule has 1 aromatic rings. The monoisotopic (exact) mass is 338 g/mol. The van der Waals surface area contributed by atoms with Crippen LogP contribution >= 0.6 is 12.4 Å². The van der Waals surface area contributed by atoms with Crippen molar-refractivity contribution in [2.24, 2.45) is 11.8 Å². The second kappa shape index (κ2) is 10.7. The van der Waals surface area contributed by atoms with Gasteiger partial charge in [-0.15, -0.1) is 12.4 Å². The molecule has 0 bridgehead atoms. The van der Waals surface area contributed by atoms with Crippen molar-refractivity contribution in [2.45, 2.75) is 52.0 Å². The van der Waals surface area contributed by atoms with Gasteiger partial charge in [-0.2, -0.15) is 0 Å². The van der Waals surface area contributed by atoms with Crippen LogP contribution in [0.15, 0.2) is 30.3 Å². The van der Waals surface area contributed by atoms with Crippen LogP contribution < -0.4 is 10.6 Å². The number of carbonyl (C=O) groups excluding carboxylic acids is 1. The molecule has 1 fully saturated rings. The van der Waals surface area contributed by atoms with E-state index < -0.39 is 0 Å². The van der Waals surface area contributed by atoms with Gasteiger partial charge in [0.25, 0.3) is 0 Å². The Morgan fingerprint density at radius 2 is 1.91 bits per heavy atom. The summed E-state index contributed by atoms with van der Waals surface area (Å²) in [5, 5.41) is 6.64. The fraction of sp³-hybridized carbons (Fsp3) is 0.632. The summed E-state index contributed by atoms with van der Waals surface area (Å²) < 4.78 is 0. The number of amides is 1. The molecule has 1 amide bonds. The molecule has 3 nitrogen and oxygen atoms in total. The highest BCUT2D eigenvalue weighted by Crippen LogP contribution is 2.25. The van der Waals surface area contributed by atoms with Crippen LogP contribution in [0.25, 0.3) is 0 Å². The standard InChI is InChI=1S/C19H30N2O.ClH/c1-3-7-18(17-8-5-4-6-9-17)21-19(22)14-15(2)16-10-12-20-13-11-16;/h4-6,8-9,15-16,18,20H,3,7,10-14H2,1-2H3,(H,21,22);1H. The van der Waals surface area contributed by atoms with E-state index in [1.165, 1.54) is 18.4 Å². The first-order valence-corrected chi connectivity index (χ1v) is 8.75. The van der Waals surface area contributed by atoms with Crippen LogP contribution in [0.1, 0.15) is 57.6 Å². The molecular weight excluding hydrogens is 308 g/mol. The topological polar surface area (TPSA) is 41.1 Å². The first-order chi connectivity index (χ1) is 10.7. The molecule has 0 aromatic heterocycles. The predicted molar refractivity (Wildman–Crippen MR) is 98.9 cm³/mol. The summed E-state index contributed by atoms with van der Waals surface area (Å²) >= 11 is 0. The quantitative estimate of drug-likeness (QED) is 0.786. The summed E-state index contributed by atoms with van der Waals surface area (Å²) in [6.07, 6.45) is 5.12. The molecule has 4 heteroatoms. The van der Waals surface area contributed by atoms with E-state index >= 15 is 0 Å². The van der Waals surface area contributed by atoms with Gasteiger partial charge in [0.15, 0.2) is 0 Å². The second-order valence-corrected chi connectivity index (χ2v) is 6.59. The zero-order chi connectivity index (χ0) is 15.8. The van der Waals surface area contributed by atoms with Crippen LogP contribution in [0.5, 0.6) is 0 Å². The van der Waals surface area contributed by atoms with Gasteiger partial charge in [0.1, 0.15) is 0 Å². The molecule has 0 radical (unpaired) electrons. The largest absolute Gasteiger partial charge is 0.349 e. The molecule has 130 valence electrons. The highest BCUT2D eigenvalue weighted by molar-refractivity contribution is 5.85. The van der Waals surface area contributed by atoms with E-state index in [1.807, 2.05) is 18.2 Å². The van der Waals surface area contributed by atoms with E-state index in [1.54, 1.807) is 0 Å². The first-order valence-electron chi connectivity index (χ1n) is 8.75. The van der Waals surface area contributed by atoms with Crippen molar-refractivity contribution in [2.75, 3.05) is 13.1 Å². The minimum atomic E-state index is 0. The van der Waals surface area contributed by atoms with Gasteiger partial charge in [0, 0.05) is 6.42 Å². The molecule has 0 saturated carbocycles. The van der Waals surface area contributed by atoms with Gasteiger partial charge < -0.3 is 10.6 Å². The van der Waals surface area contributed by atoms with Crippen molar-refractivity contribution in [3.05, 3.63) is 35.9 Å². The van der Waals surface area contributed by atoms with E-state index in [9.17, 15) is 4.79 Å². The van der Waals surface area contributed by atoms with Crippen LogP contribution in [-0.2, 0) is 4.79 Å². The molecule has 2 unspecified atom stereocenters. The highest BCUT2D eigenvalue weighted by Gasteiger charge is 2.23. The van der Waals surface area contributed by atoms with E-state index in [4.69, 9.17) is 0 Å². The molecule has 2 rings (SSSR count). The van der Waals surface area contributed by atoms with Gasteiger partial charge in [0.05, 0.1) is 6.04 Å². The van der Waals surface area contributed by atoms with Crippen LogP contribution in [0.3, 0.4) is 0 Å². The smallest absolute Gasteiger partial charge is 0.220 e. The predicted octanol–water partition coefficient (Wildman–Crippen LogP) is 4.09. The van der Waals surface area contributed by atoms with E-state index in [-0.39, 0.29) is 24.4 Å². The van der Waals surface area contributed by atoms with Crippen molar-refractivity contribution in [1.82, 2.24) is 10.6 Å². The fourth-order valence-electron chi connectivity index (χ4n) is 3.42. The lowest BCUT2D eigenvalue weighted by Gasteiger charge is -2.28. The number of benzene rings is 1. The van der Waals surface area contributed by atoms with Crippen LogP contribution in [0.2, 0.25) is 0 Å². The van der Waals surface area contributed by atoms with Crippen LogP contribution in [-0.4, -0.2) is 19.0 Å². The van der Waals surface area contributed by atoms with Gasteiger partial charge in [-0.25, -0.2) is 0 Å². The molecule has 2 atom stereocenters. The Kier molecular flexibility index (Phi) is 9.27. The summed E-state index contributed by atoms with van der Waals surface area (Å²) in [4.78, 5) is 12.4. The third-order valence-electron chi connectivity index (χ3n) is 4.81. The summed E-state index contributed by atoms with van der Waals surface area (Å²) in [6, 6.07) is 10.5. The Morgan fingerprint density at radius 3 is 2.52 bits per heavy atom. The van der Waals surface area contributed by atoms with Crippen molar-refractivity contribution in [3.8, 4) is 0 Å². The molecule has 1 aliphatic rings. The average Bonchev–Trinajstić information content (AvgIpc) is 2.56. The zero-order valence-corrected chi connectivity index (χ0v) is 15.2. The molecule has 1 aromatic carbocycles. The SMILES string of the molecule is CCCC(NC(=O)CC(C)C1CCNCC1)c1ccccc1.Cl. The third-order valence-corrected chi connectivity index (χ3v) is 4.81. The minimum absolute atomic E-state index is 0. The Labute approximate surface area is 147 Å². The number of hydrogen-bond acceptors (Lipinski definition) is 2. The van der Waals surface area contributed by atoms with Crippen LogP contribution in [0.4, 0.5) is 0 Å². The fourth-order valence-corrected chi connectivity index (χ4v) is 3.42. The van der Waals surface area contributed by atoms with E-state index in [0.717, 1.165) is 25.9 Å². The molecule has 0 aliphatic carbocycles. The third kappa shape index (κ3) is 6.52. The first kappa shape index (κ1) is 20.0. The lowest BCUT2D eigenvalue weighted by atomic mass is 9.84. The summed E-state index contributed by atoms with van der Waals surface area (Å²) in [5.41, 5.74) is 1.22. The Balaban J connectivity index is 0.00000264. The van der Waals surface area contributed by atoms with Gasteiger partial charge in [-0.1, -0.05) is 50.6 Å². The molecule has 23 heavy (non-hydrogen) atoms. The molecule has 2 N–H and O–H groups in total. The minimum Gasteiger partial charge on any atom is -0.349 e. The summed E-state index contributed by atoms with van der Waals surface area (Å²) in [5.74, 6) is 1.36. The normalized spacial score (nSPS) is 17.8. The van der Waals surface area contributed by atoms with Gasteiger partial charge >= 0.3 is 0 Å². The molecular formula is C19H31ClN2O. The lowest BCUT2D eigenvalue weighted by molar-refractivity contribution is -0.123. The van der Waals surface area contributed by atoms with Gasteiger partial charge in [-0.3, -0.25) is 4.79 Å². The number of hydrogen-bond donors (Lipinski definition) is 2. The molecule has 1 heterocycles. The second-order valence-electron chi connectivity index (χ2n) is 6.59. The van der Waals surface area contributed by atoms with Crippen LogP contribution in [0, 0.1) is 11.8 Å². The number of carbonyl (C=O) groups is 1. The zero-order valence-electron chi connectivity index (χ0n) is 14.4. The summed E-state index contributed by atoms with van der Waals surface area (Å²) in [7, 11) is 0. The Bertz CT molecular complexity index is 446. The van der Waals surface area contributed by atoms with Crippen molar-refractivity contribution >= 4 is 18.3 Å². The summed E-state index contributed by atoms with van der Waals surface area (Å²) in [6.45, 7) is 6.59. The average molecular weight is 339 g/mol. The number of nitrogens with one attached hydrogen (secondary N) is 2. The van der Waals surface area contributed by atoms with Crippen molar-refractivity contribution in [3.63, 3.8) is 0 Å². The van der Waals surface area contributed by atoms with Gasteiger partial charge in [0.2, 0.25) is 5.91 Å². The lowest BCUT2D eigenvalue weighted by Crippen LogP contribution is -2.34. The molecule has 1 aliphatic heterocycles. The maximum Gasteiger partial charge on any atom is 0.220 e.